The number of amides is 5. The van der Waals surface area contributed by atoms with Gasteiger partial charge >= 0.3 is 6.03 Å². The molecule has 0 bridgehead atoms. The van der Waals surface area contributed by atoms with Gasteiger partial charge in [0.25, 0.3) is 5.91 Å². The molecular weight excluding hydrogens is 372 g/mol. The molecule has 152 valence electrons. The van der Waals surface area contributed by atoms with E-state index in [1.807, 2.05) is 0 Å². The summed E-state index contributed by atoms with van der Waals surface area (Å²) in [6.07, 6.45) is 8.40. The number of likely N-dealkylation sites (N-methyl/N-ethyl adjacent to an activating group) is 1. The zero-order chi connectivity index (χ0) is 21.0. The average molecular weight is 396 g/mol. The Balaban J connectivity index is 1.49. The maximum Gasteiger partial charge on any atom is 0.325 e. The second-order valence-electron chi connectivity index (χ2n) is 7.45. The standard InChI is InChI=1S/C21H24N4O4/c1-3-15-7-6-8-16(13-15)22-17(26)14-24(2)18(27)9-12-25-19(28)21(23-20(25)29)10-4-5-11-21/h1,6-8,13H,4-5,9-12,14H2,2H3,(H,22,26)(H,23,29). The van der Waals surface area contributed by atoms with E-state index in [1.165, 1.54) is 11.9 Å². The monoisotopic (exact) mass is 396 g/mol. The lowest BCUT2D eigenvalue weighted by Crippen LogP contribution is -2.44. The lowest BCUT2D eigenvalue weighted by atomic mass is 9.98. The number of carbonyl (C=O) groups excluding carboxylic acids is 4. The van der Waals surface area contributed by atoms with E-state index in [9.17, 15) is 19.2 Å². The quantitative estimate of drug-likeness (QED) is 0.560. The van der Waals surface area contributed by atoms with Crippen molar-refractivity contribution in [1.29, 1.82) is 0 Å². The Labute approximate surface area is 169 Å². The van der Waals surface area contributed by atoms with Crippen molar-refractivity contribution in [1.82, 2.24) is 15.1 Å². The molecule has 5 amide bonds. The highest BCUT2D eigenvalue weighted by Gasteiger charge is 2.52. The highest BCUT2D eigenvalue weighted by molar-refractivity contribution is 6.07. The summed E-state index contributed by atoms with van der Waals surface area (Å²) < 4.78 is 0. The summed E-state index contributed by atoms with van der Waals surface area (Å²) in [7, 11) is 1.50. The molecule has 0 radical (unpaired) electrons. The minimum Gasteiger partial charge on any atom is -0.336 e. The van der Waals surface area contributed by atoms with Crippen LogP contribution in [0, 0.1) is 12.3 Å². The zero-order valence-electron chi connectivity index (χ0n) is 16.4. The van der Waals surface area contributed by atoms with Crippen LogP contribution in [0.5, 0.6) is 0 Å². The summed E-state index contributed by atoms with van der Waals surface area (Å²) in [4.78, 5) is 51.7. The molecule has 1 aromatic rings. The molecule has 29 heavy (non-hydrogen) atoms. The van der Waals surface area contributed by atoms with Crippen molar-refractivity contribution < 1.29 is 19.2 Å². The number of carbonyl (C=O) groups is 4. The molecule has 1 aliphatic carbocycles. The van der Waals surface area contributed by atoms with Gasteiger partial charge in [-0.1, -0.05) is 24.8 Å². The molecule has 2 aliphatic rings. The van der Waals surface area contributed by atoms with E-state index in [-0.39, 0.29) is 37.2 Å². The summed E-state index contributed by atoms with van der Waals surface area (Å²) >= 11 is 0. The molecule has 8 heteroatoms. The van der Waals surface area contributed by atoms with E-state index in [1.54, 1.807) is 24.3 Å². The van der Waals surface area contributed by atoms with Crippen LogP contribution in [-0.4, -0.2) is 59.2 Å². The van der Waals surface area contributed by atoms with Crippen LogP contribution >= 0.6 is 0 Å². The Morgan fingerprint density at radius 2 is 2.03 bits per heavy atom. The Bertz CT molecular complexity index is 883. The molecule has 2 N–H and O–H groups in total. The highest BCUT2D eigenvalue weighted by atomic mass is 16.2. The van der Waals surface area contributed by atoms with Gasteiger partial charge in [-0.15, -0.1) is 6.42 Å². The minimum absolute atomic E-state index is 0.00141. The molecule has 1 aromatic carbocycles. The van der Waals surface area contributed by atoms with E-state index in [2.05, 4.69) is 16.6 Å². The first-order valence-corrected chi connectivity index (χ1v) is 9.59. The number of imide groups is 1. The Hall–Kier alpha value is -3.34. The second-order valence-corrected chi connectivity index (χ2v) is 7.45. The number of nitrogens with zero attached hydrogens (tertiary/aromatic N) is 2. The topological polar surface area (TPSA) is 98.8 Å². The fourth-order valence-corrected chi connectivity index (χ4v) is 3.79. The van der Waals surface area contributed by atoms with Crippen LogP contribution in [0.15, 0.2) is 24.3 Å². The van der Waals surface area contributed by atoms with Crippen LogP contribution in [0.2, 0.25) is 0 Å². The van der Waals surface area contributed by atoms with E-state index in [4.69, 9.17) is 6.42 Å². The number of rotatable bonds is 6. The first kappa shape index (κ1) is 20.4. The summed E-state index contributed by atoms with van der Waals surface area (Å²) in [5.74, 6) is 1.54. The summed E-state index contributed by atoms with van der Waals surface area (Å²) in [6.45, 7) is -0.148. The van der Waals surface area contributed by atoms with Gasteiger partial charge in [0.05, 0.1) is 6.54 Å². The molecule has 0 aromatic heterocycles. The average Bonchev–Trinajstić information content (AvgIpc) is 3.25. The van der Waals surface area contributed by atoms with Gasteiger partial charge in [-0.05, 0) is 31.0 Å². The van der Waals surface area contributed by atoms with Crippen LogP contribution in [0.25, 0.3) is 0 Å². The molecule has 8 nitrogen and oxygen atoms in total. The predicted octanol–water partition coefficient (Wildman–Crippen LogP) is 1.32. The van der Waals surface area contributed by atoms with Crippen molar-refractivity contribution in [3.05, 3.63) is 29.8 Å². The molecule has 1 saturated carbocycles. The van der Waals surface area contributed by atoms with Crippen LogP contribution < -0.4 is 10.6 Å². The highest BCUT2D eigenvalue weighted by Crippen LogP contribution is 2.35. The predicted molar refractivity (Wildman–Crippen MR) is 107 cm³/mol. The molecule has 2 fully saturated rings. The van der Waals surface area contributed by atoms with Crippen molar-refractivity contribution >= 4 is 29.4 Å². The maximum atomic E-state index is 12.6. The SMILES string of the molecule is C#Cc1cccc(NC(=O)CN(C)C(=O)CCN2C(=O)NC3(CCCC3)C2=O)c1. The van der Waals surface area contributed by atoms with Gasteiger partial charge in [0.15, 0.2) is 0 Å². The van der Waals surface area contributed by atoms with E-state index < -0.39 is 11.6 Å². The van der Waals surface area contributed by atoms with Crippen LogP contribution in [0.4, 0.5) is 10.5 Å². The molecule has 1 aliphatic heterocycles. The Morgan fingerprint density at radius 3 is 2.72 bits per heavy atom. The Kier molecular flexibility index (Phi) is 5.87. The zero-order valence-corrected chi connectivity index (χ0v) is 16.4. The lowest BCUT2D eigenvalue weighted by molar-refractivity contribution is -0.135. The molecule has 1 heterocycles. The summed E-state index contributed by atoms with van der Waals surface area (Å²) in [5, 5.41) is 5.47. The molecule has 1 spiro atoms. The normalized spacial score (nSPS) is 17.2. The lowest BCUT2D eigenvalue weighted by Gasteiger charge is -2.21. The first-order chi connectivity index (χ1) is 13.8. The van der Waals surface area contributed by atoms with Crippen LogP contribution in [0.1, 0.15) is 37.7 Å². The van der Waals surface area contributed by atoms with E-state index in [0.29, 0.717) is 24.1 Å². The second kappa shape index (κ2) is 8.35. The molecule has 0 unspecified atom stereocenters. The molecule has 3 rings (SSSR count). The molecule has 0 atom stereocenters. The number of hydrogen-bond donors (Lipinski definition) is 2. The van der Waals surface area contributed by atoms with Gasteiger partial charge in [-0.2, -0.15) is 0 Å². The third-order valence-electron chi connectivity index (χ3n) is 5.37. The van der Waals surface area contributed by atoms with Crippen molar-refractivity contribution in [3.8, 4) is 12.3 Å². The maximum absolute atomic E-state index is 12.6. The summed E-state index contributed by atoms with van der Waals surface area (Å²) in [6, 6.07) is 6.40. The number of urea groups is 1. The van der Waals surface area contributed by atoms with Gasteiger partial charge in [0.1, 0.15) is 5.54 Å². The molecular formula is C21H24N4O4. The van der Waals surface area contributed by atoms with Gasteiger partial charge in [-0.3, -0.25) is 19.3 Å². The largest absolute Gasteiger partial charge is 0.336 e. The van der Waals surface area contributed by atoms with Crippen molar-refractivity contribution in [2.75, 3.05) is 25.5 Å². The van der Waals surface area contributed by atoms with Gasteiger partial charge in [0.2, 0.25) is 11.8 Å². The fraction of sp³-hybridized carbons (Fsp3) is 0.429. The number of nitrogens with one attached hydrogen (secondary N) is 2. The smallest absolute Gasteiger partial charge is 0.325 e. The van der Waals surface area contributed by atoms with E-state index >= 15 is 0 Å². The summed E-state index contributed by atoms with van der Waals surface area (Å²) in [5.41, 5.74) is 0.409. The fourth-order valence-electron chi connectivity index (χ4n) is 3.79. The third-order valence-corrected chi connectivity index (χ3v) is 5.37. The molecule has 1 saturated heterocycles. The van der Waals surface area contributed by atoms with Gasteiger partial charge < -0.3 is 15.5 Å². The first-order valence-electron chi connectivity index (χ1n) is 9.59. The van der Waals surface area contributed by atoms with Crippen LogP contribution in [0.3, 0.4) is 0 Å². The van der Waals surface area contributed by atoms with Gasteiger partial charge in [0, 0.05) is 31.3 Å². The van der Waals surface area contributed by atoms with Gasteiger partial charge in [-0.25, -0.2) is 4.79 Å². The van der Waals surface area contributed by atoms with Crippen molar-refractivity contribution in [3.63, 3.8) is 0 Å². The third kappa shape index (κ3) is 4.40. The van der Waals surface area contributed by atoms with E-state index in [0.717, 1.165) is 17.7 Å². The number of benzene rings is 1. The van der Waals surface area contributed by atoms with Crippen molar-refractivity contribution in [2.24, 2.45) is 0 Å². The Morgan fingerprint density at radius 1 is 1.31 bits per heavy atom. The number of hydrogen-bond acceptors (Lipinski definition) is 4. The number of anilines is 1. The number of terminal acetylenes is 1. The minimum atomic E-state index is -0.779. The van der Waals surface area contributed by atoms with Crippen LogP contribution in [-0.2, 0) is 14.4 Å². The van der Waals surface area contributed by atoms with Crippen molar-refractivity contribution in [2.45, 2.75) is 37.6 Å².